The number of halogens is 1. The minimum absolute atomic E-state index is 0. The van der Waals surface area contributed by atoms with E-state index in [9.17, 15) is 4.79 Å². The standard InChI is InChI=1S/C16H21N5OS2.HI/c1-11-7-18-14(24-11)8-19-16(17-2)20-9-15(22)21-5-3-13-12(10-21)4-6-23-13;/h4,6-7H,3,5,8-10H2,1-2H3,(H2,17,19,20);1H. The summed E-state index contributed by atoms with van der Waals surface area (Å²) in [6.07, 6.45) is 2.81. The predicted molar refractivity (Wildman–Crippen MR) is 114 cm³/mol. The number of thiophene rings is 1. The molecule has 6 nitrogen and oxygen atoms in total. The molecule has 3 heterocycles. The molecular weight excluding hydrogens is 469 g/mol. The van der Waals surface area contributed by atoms with Crippen molar-refractivity contribution in [3.05, 3.63) is 38.0 Å². The van der Waals surface area contributed by atoms with Gasteiger partial charge in [-0.05, 0) is 30.4 Å². The van der Waals surface area contributed by atoms with E-state index in [1.807, 2.05) is 18.0 Å². The van der Waals surface area contributed by atoms with Crippen LogP contribution in [0.15, 0.2) is 22.6 Å². The number of aliphatic imine (C=N–C) groups is 1. The van der Waals surface area contributed by atoms with Crippen LogP contribution in [-0.4, -0.2) is 41.9 Å². The van der Waals surface area contributed by atoms with Crippen molar-refractivity contribution in [3.8, 4) is 0 Å². The second-order valence-corrected chi connectivity index (χ2v) is 7.90. The number of nitrogens with one attached hydrogen (secondary N) is 2. The summed E-state index contributed by atoms with van der Waals surface area (Å²) in [7, 11) is 1.70. The zero-order valence-electron chi connectivity index (χ0n) is 14.2. The molecule has 1 amide bonds. The number of rotatable bonds is 4. The lowest BCUT2D eigenvalue weighted by atomic mass is 10.1. The molecule has 0 saturated heterocycles. The van der Waals surface area contributed by atoms with Gasteiger partial charge >= 0.3 is 0 Å². The molecule has 2 aromatic heterocycles. The Morgan fingerprint density at radius 3 is 3.00 bits per heavy atom. The van der Waals surface area contributed by atoms with E-state index in [0.717, 1.165) is 18.0 Å². The van der Waals surface area contributed by atoms with E-state index >= 15 is 0 Å². The lowest BCUT2D eigenvalue weighted by molar-refractivity contribution is -0.130. The van der Waals surface area contributed by atoms with E-state index < -0.39 is 0 Å². The van der Waals surface area contributed by atoms with Crippen LogP contribution in [0.5, 0.6) is 0 Å². The summed E-state index contributed by atoms with van der Waals surface area (Å²) >= 11 is 3.43. The van der Waals surface area contributed by atoms with Crippen LogP contribution in [0.4, 0.5) is 0 Å². The molecule has 9 heteroatoms. The minimum atomic E-state index is 0. The molecule has 136 valence electrons. The molecule has 0 radical (unpaired) electrons. The normalized spacial score (nSPS) is 13.8. The Morgan fingerprint density at radius 1 is 1.44 bits per heavy atom. The maximum Gasteiger partial charge on any atom is 0.242 e. The molecule has 25 heavy (non-hydrogen) atoms. The van der Waals surface area contributed by atoms with Crippen LogP contribution in [0.1, 0.15) is 20.3 Å². The molecule has 1 aliphatic heterocycles. The van der Waals surface area contributed by atoms with Gasteiger partial charge in [0.25, 0.3) is 0 Å². The van der Waals surface area contributed by atoms with E-state index in [1.54, 1.807) is 29.7 Å². The third-order valence-corrected chi connectivity index (χ3v) is 5.80. The summed E-state index contributed by atoms with van der Waals surface area (Å²) in [6.45, 7) is 4.39. The average Bonchev–Trinajstić information content (AvgIpc) is 3.22. The average molecular weight is 491 g/mol. The van der Waals surface area contributed by atoms with Gasteiger partial charge in [-0.25, -0.2) is 4.98 Å². The van der Waals surface area contributed by atoms with Crippen molar-refractivity contribution in [1.29, 1.82) is 0 Å². The van der Waals surface area contributed by atoms with Gasteiger partial charge < -0.3 is 15.5 Å². The highest BCUT2D eigenvalue weighted by Gasteiger charge is 2.21. The van der Waals surface area contributed by atoms with Gasteiger partial charge in [0.2, 0.25) is 5.91 Å². The molecule has 0 saturated carbocycles. The van der Waals surface area contributed by atoms with Crippen molar-refractivity contribution >= 4 is 58.5 Å². The van der Waals surface area contributed by atoms with E-state index in [0.29, 0.717) is 19.0 Å². The third-order valence-electron chi connectivity index (χ3n) is 3.87. The number of hydrogen-bond acceptors (Lipinski definition) is 5. The summed E-state index contributed by atoms with van der Waals surface area (Å²) in [5, 5.41) is 9.38. The highest BCUT2D eigenvalue weighted by Crippen LogP contribution is 2.23. The Bertz CT molecular complexity index is 742. The zero-order valence-corrected chi connectivity index (χ0v) is 18.2. The Balaban J connectivity index is 0.00000225. The zero-order chi connectivity index (χ0) is 16.9. The number of fused-ring (bicyclic) bond motifs is 1. The predicted octanol–water partition coefficient (Wildman–Crippen LogP) is 2.38. The van der Waals surface area contributed by atoms with Crippen molar-refractivity contribution in [2.24, 2.45) is 4.99 Å². The van der Waals surface area contributed by atoms with Crippen molar-refractivity contribution in [3.63, 3.8) is 0 Å². The van der Waals surface area contributed by atoms with E-state index in [1.165, 1.54) is 15.3 Å². The lowest BCUT2D eigenvalue weighted by Crippen LogP contribution is -2.45. The van der Waals surface area contributed by atoms with E-state index in [-0.39, 0.29) is 36.4 Å². The third kappa shape index (κ3) is 5.38. The summed E-state index contributed by atoms with van der Waals surface area (Å²) < 4.78 is 0. The smallest absolute Gasteiger partial charge is 0.242 e. The Morgan fingerprint density at radius 2 is 2.28 bits per heavy atom. The molecule has 1 aliphatic rings. The molecular formula is C16H22IN5OS2. The van der Waals surface area contributed by atoms with Gasteiger partial charge in [-0.2, -0.15) is 0 Å². The second-order valence-electron chi connectivity index (χ2n) is 5.58. The highest BCUT2D eigenvalue weighted by atomic mass is 127. The number of hydrogen-bond donors (Lipinski definition) is 2. The Labute approximate surface area is 172 Å². The van der Waals surface area contributed by atoms with Crippen LogP contribution in [0.2, 0.25) is 0 Å². The van der Waals surface area contributed by atoms with Gasteiger partial charge in [-0.1, -0.05) is 0 Å². The fourth-order valence-corrected chi connectivity index (χ4v) is 4.21. The summed E-state index contributed by atoms with van der Waals surface area (Å²) in [5.74, 6) is 0.712. The Kier molecular flexibility index (Phi) is 7.63. The van der Waals surface area contributed by atoms with Crippen molar-refractivity contribution in [2.45, 2.75) is 26.4 Å². The first-order valence-electron chi connectivity index (χ1n) is 7.84. The van der Waals surface area contributed by atoms with Crippen molar-refractivity contribution in [1.82, 2.24) is 20.5 Å². The summed E-state index contributed by atoms with van der Waals surface area (Å²) in [5.41, 5.74) is 1.28. The first-order valence-corrected chi connectivity index (χ1v) is 9.54. The van der Waals surface area contributed by atoms with Gasteiger partial charge in [0.1, 0.15) is 5.01 Å². The first kappa shape index (κ1) is 20.1. The summed E-state index contributed by atoms with van der Waals surface area (Å²) in [4.78, 5) is 25.4. The quantitative estimate of drug-likeness (QED) is 0.392. The second kappa shape index (κ2) is 9.48. The molecule has 0 bridgehead atoms. The maximum atomic E-state index is 12.4. The molecule has 0 aromatic carbocycles. The largest absolute Gasteiger partial charge is 0.350 e. The van der Waals surface area contributed by atoms with Crippen LogP contribution in [-0.2, 0) is 24.3 Å². The van der Waals surface area contributed by atoms with Gasteiger partial charge in [0.15, 0.2) is 5.96 Å². The SMILES string of the molecule is CN=C(NCC(=O)N1CCc2sccc2C1)NCc1ncc(C)s1.I. The van der Waals surface area contributed by atoms with Gasteiger partial charge in [0.05, 0.1) is 13.1 Å². The number of aromatic nitrogens is 1. The summed E-state index contributed by atoms with van der Waals surface area (Å²) in [6, 6.07) is 2.11. The van der Waals surface area contributed by atoms with E-state index in [2.05, 4.69) is 32.1 Å². The molecule has 0 spiro atoms. The molecule has 0 unspecified atom stereocenters. The fourth-order valence-electron chi connectivity index (χ4n) is 2.60. The number of carbonyl (C=O) groups is 1. The lowest BCUT2D eigenvalue weighted by Gasteiger charge is -2.27. The minimum Gasteiger partial charge on any atom is -0.350 e. The molecule has 2 N–H and O–H groups in total. The van der Waals surface area contributed by atoms with E-state index in [4.69, 9.17) is 0 Å². The molecule has 0 atom stereocenters. The van der Waals surface area contributed by atoms with Crippen LogP contribution in [0.3, 0.4) is 0 Å². The topological polar surface area (TPSA) is 69.6 Å². The van der Waals surface area contributed by atoms with Crippen LogP contribution < -0.4 is 10.6 Å². The van der Waals surface area contributed by atoms with Crippen LogP contribution >= 0.6 is 46.7 Å². The van der Waals surface area contributed by atoms with Crippen LogP contribution in [0.25, 0.3) is 0 Å². The highest BCUT2D eigenvalue weighted by molar-refractivity contribution is 14.0. The van der Waals surface area contributed by atoms with Crippen molar-refractivity contribution in [2.75, 3.05) is 20.1 Å². The Hall–Kier alpha value is -1.20. The van der Waals surface area contributed by atoms with Crippen molar-refractivity contribution < 1.29 is 4.79 Å². The molecule has 0 fully saturated rings. The van der Waals surface area contributed by atoms with Gasteiger partial charge in [-0.15, -0.1) is 46.7 Å². The number of amides is 1. The number of nitrogens with zero attached hydrogens (tertiary/aromatic N) is 3. The van der Waals surface area contributed by atoms with Gasteiger partial charge in [-0.3, -0.25) is 9.79 Å². The monoisotopic (exact) mass is 491 g/mol. The fraction of sp³-hybridized carbons (Fsp3) is 0.438. The number of thiazole rings is 1. The molecule has 2 aromatic rings. The first-order chi connectivity index (χ1) is 11.7. The molecule has 3 rings (SSSR count). The van der Waals surface area contributed by atoms with Gasteiger partial charge in [0, 0.05) is 36.1 Å². The number of guanidine groups is 1. The van der Waals surface area contributed by atoms with Crippen LogP contribution in [0, 0.1) is 6.92 Å². The number of carbonyl (C=O) groups excluding carboxylic acids is 1. The molecule has 0 aliphatic carbocycles. The number of aryl methyl sites for hydroxylation is 1. The maximum absolute atomic E-state index is 12.4.